The second kappa shape index (κ2) is 6.87. The maximum absolute atomic E-state index is 11.1. The van der Waals surface area contributed by atoms with Gasteiger partial charge in [0, 0.05) is 12.6 Å². The molecule has 0 fully saturated rings. The molecule has 5 heteroatoms. The van der Waals surface area contributed by atoms with Crippen LogP contribution < -0.4 is 14.8 Å². The molecule has 0 aliphatic rings. The summed E-state index contributed by atoms with van der Waals surface area (Å²) in [7, 11) is 3.16. The van der Waals surface area contributed by atoms with Gasteiger partial charge in [-0.1, -0.05) is 13.8 Å². The maximum Gasteiger partial charge on any atom is 0.308 e. The molecule has 0 spiro atoms. The van der Waals surface area contributed by atoms with Crippen LogP contribution >= 0.6 is 0 Å². The van der Waals surface area contributed by atoms with E-state index in [9.17, 15) is 4.79 Å². The Morgan fingerprint density at radius 2 is 2.00 bits per heavy atom. The van der Waals surface area contributed by atoms with E-state index in [0.717, 1.165) is 5.69 Å². The Kier molecular flexibility index (Phi) is 5.48. The molecule has 1 unspecified atom stereocenters. The number of hydrogen-bond acceptors (Lipinski definition) is 4. The Morgan fingerprint density at radius 1 is 1.32 bits per heavy atom. The van der Waals surface area contributed by atoms with Gasteiger partial charge in [0.2, 0.25) is 0 Å². The van der Waals surface area contributed by atoms with Crippen molar-refractivity contribution in [3.05, 3.63) is 18.2 Å². The quantitative estimate of drug-likeness (QED) is 0.794. The highest BCUT2D eigenvalue weighted by Crippen LogP contribution is 2.29. The number of hydrogen-bond donors (Lipinski definition) is 2. The van der Waals surface area contributed by atoms with E-state index in [1.807, 2.05) is 13.8 Å². The molecule has 2 N–H and O–H groups in total. The van der Waals surface area contributed by atoms with Crippen LogP contribution in [0.5, 0.6) is 11.5 Å². The molecule has 106 valence electrons. The van der Waals surface area contributed by atoms with E-state index >= 15 is 0 Å². The SMILES string of the molecule is COc1ccc(OC)c(NCC(C(=O)O)C(C)C)c1. The van der Waals surface area contributed by atoms with E-state index in [2.05, 4.69) is 5.32 Å². The van der Waals surface area contributed by atoms with Crippen LogP contribution in [0.4, 0.5) is 5.69 Å². The molecular weight excluding hydrogens is 246 g/mol. The molecular formula is C14H21NO4. The summed E-state index contributed by atoms with van der Waals surface area (Å²) in [6, 6.07) is 5.37. The number of methoxy groups -OCH3 is 2. The highest BCUT2D eigenvalue weighted by atomic mass is 16.5. The fourth-order valence-electron chi connectivity index (χ4n) is 1.78. The largest absolute Gasteiger partial charge is 0.497 e. The molecule has 0 bridgehead atoms. The Hall–Kier alpha value is -1.91. The minimum atomic E-state index is -0.802. The van der Waals surface area contributed by atoms with E-state index in [0.29, 0.717) is 18.0 Å². The molecule has 1 aromatic rings. The molecule has 0 heterocycles. The van der Waals surface area contributed by atoms with Gasteiger partial charge in [-0.25, -0.2) is 0 Å². The van der Waals surface area contributed by atoms with Crippen molar-refractivity contribution in [1.29, 1.82) is 0 Å². The third-order valence-corrected chi connectivity index (χ3v) is 3.04. The van der Waals surface area contributed by atoms with Crippen molar-refractivity contribution in [3.8, 4) is 11.5 Å². The fourth-order valence-corrected chi connectivity index (χ4v) is 1.78. The van der Waals surface area contributed by atoms with Crippen molar-refractivity contribution in [2.24, 2.45) is 11.8 Å². The van der Waals surface area contributed by atoms with E-state index in [4.69, 9.17) is 14.6 Å². The lowest BCUT2D eigenvalue weighted by Gasteiger charge is -2.19. The molecule has 0 radical (unpaired) electrons. The lowest BCUT2D eigenvalue weighted by Crippen LogP contribution is -2.27. The third-order valence-electron chi connectivity index (χ3n) is 3.04. The molecule has 1 atom stereocenters. The summed E-state index contributed by atoms with van der Waals surface area (Å²) in [5.41, 5.74) is 0.730. The summed E-state index contributed by atoms with van der Waals surface area (Å²) in [5, 5.41) is 12.3. The first-order valence-corrected chi connectivity index (χ1v) is 6.18. The van der Waals surface area contributed by atoms with Gasteiger partial charge in [0.25, 0.3) is 0 Å². The van der Waals surface area contributed by atoms with Gasteiger partial charge in [-0.05, 0) is 18.1 Å². The normalized spacial score (nSPS) is 12.1. The molecule has 0 amide bonds. The van der Waals surface area contributed by atoms with Crippen LogP contribution in [0.25, 0.3) is 0 Å². The molecule has 1 aromatic carbocycles. The van der Waals surface area contributed by atoms with E-state index in [1.54, 1.807) is 32.4 Å². The molecule has 0 saturated carbocycles. The molecule has 0 aliphatic carbocycles. The van der Waals surface area contributed by atoms with Crippen molar-refractivity contribution in [1.82, 2.24) is 0 Å². The summed E-state index contributed by atoms with van der Waals surface area (Å²) in [6.07, 6.45) is 0. The van der Waals surface area contributed by atoms with Crippen molar-refractivity contribution in [2.45, 2.75) is 13.8 Å². The number of aliphatic carboxylic acids is 1. The summed E-state index contributed by atoms with van der Waals surface area (Å²) in [4.78, 5) is 11.1. The maximum atomic E-state index is 11.1. The highest BCUT2D eigenvalue weighted by molar-refractivity contribution is 5.71. The van der Waals surface area contributed by atoms with Crippen molar-refractivity contribution < 1.29 is 19.4 Å². The summed E-state index contributed by atoms with van der Waals surface area (Å²) >= 11 is 0. The van der Waals surface area contributed by atoms with Crippen molar-refractivity contribution >= 4 is 11.7 Å². The average molecular weight is 267 g/mol. The first kappa shape index (κ1) is 15.1. The molecule has 0 saturated heterocycles. The minimum absolute atomic E-state index is 0.0570. The lowest BCUT2D eigenvalue weighted by molar-refractivity contribution is -0.142. The topological polar surface area (TPSA) is 67.8 Å². The molecule has 1 rings (SSSR count). The first-order chi connectivity index (χ1) is 8.99. The zero-order chi connectivity index (χ0) is 14.4. The lowest BCUT2D eigenvalue weighted by atomic mass is 9.96. The van der Waals surface area contributed by atoms with Crippen molar-refractivity contribution in [2.75, 3.05) is 26.1 Å². The number of anilines is 1. The number of carboxylic acid groups (broad SMARTS) is 1. The van der Waals surface area contributed by atoms with E-state index in [1.165, 1.54) is 0 Å². The van der Waals surface area contributed by atoms with Gasteiger partial charge >= 0.3 is 5.97 Å². The van der Waals surface area contributed by atoms with E-state index in [-0.39, 0.29) is 5.92 Å². The number of nitrogens with one attached hydrogen (secondary N) is 1. The van der Waals surface area contributed by atoms with Crippen LogP contribution in [0.3, 0.4) is 0 Å². The Bertz CT molecular complexity index is 431. The van der Waals surface area contributed by atoms with Gasteiger partial charge < -0.3 is 19.9 Å². The molecule has 19 heavy (non-hydrogen) atoms. The highest BCUT2D eigenvalue weighted by Gasteiger charge is 2.21. The summed E-state index contributed by atoms with van der Waals surface area (Å²) in [6.45, 7) is 4.13. The van der Waals surface area contributed by atoms with Crippen LogP contribution in [0, 0.1) is 11.8 Å². The van der Waals surface area contributed by atoms with Gasteiger partial charge in [-0.2, -0.15) is 0 Å². The first-order valence-electron chi connectivity index (χ1n) is 6.18. The van der Waals surface area contributed by atoms with Gasteiger partial charge in [0.15, 0.2) is 0 Å². The zero-order valence-corrected chi connectivity index (χ0v) is 11.8. The monoisotopic (exact) mass is 267 g/mol. The van der Waals surface area contributed by atoms with E-state index < -0.39 is 11.9 Å². The predicted molar refractivity (Wildman–Crippen MR) is 74.0 cm³/mol. The van der Waals surface area contributed by atoms with Crippen LogP contribution in [0.2, 0.25) is 0 Å². The molecule has 0 aromatic heterocycles. The molecule has 0 aliphatic heterocycles. The minimum Gasteiger partial charge on any atom is -0.497 e. The van der Waals surface area contributed by atoms with Crippen LogP contribution in [-0.2, 0) is 4.79 Å². The summed E-state index contributed by atoms with van der Waals surface area (Å²) in [5.74, 6) is 0.162. The number of ether oxygens (including phenoxy) is 2. The third kappa shape index (κ3) is 4.05. The zero-order valence-electron chi connectivity index (χ0n) is 11.8. The second-order valence-electron chi connectivity index (χ2n) is 4.64. The van der Waals surface area contributed by atoms with Crippen LogP contribution in [0.15, 0.2) is 18.2 Å². The predicted octanol–water partition coefficient (Wildman–Crippen LogP) is 2.47. The van der Waals surface area contributed by atoms with Gasteiger partial charge in [-0.15, -0.1) is 0 Å². The number of carbonyl (C=O) groups is 1. The molecule has 5 nitrogen and oxygen atoms in total. The van der Waals surface area contributed by atoms with Crippen LogP contribution in [0.1, 0.15) is 13.8 Å². The van der Waals surface area contributed by atoms with Gasteiger partial charge in [-0.3, -0.25) is 4.79 Å². The Labute approximate surface area is 113 Å². The Balaban J connectivity index is 2.83. The standard InChI is InChI=1S/C14H21NO4/c1-9(2)11(14(16)17)8-15-12-7-10(18-3)5-6-13(12)19-4/h5-7,9,11,15H,8H2,1-4H3,(H,16,17). The average Bonchev–Trinajstić information content (AvgIpc) is 2.37. The fraction of sp³-hybridized carbons (Fsp3) is 0.500. The second-order valence-corrected chi connectivity index (χ2v) is 4.64. The smallest absolute Gasteiger partial charge is 0.308 e. The van der Waals surface area contributed by atoms with Gasteiger partial charge in [0.05, 0.1) is 25.8 Å². The van der Waals surface area contributed by atoms with Crippen molar-refractivity contribution in [3.63, 3.8) is 0 Å². The number of carboxylic acids is 1. The number of benzene rings is 1. The van der Waals surface area contributed by atoms with Gasteiger partial charge in [0.1, 0.15) is 11.5 Å². The Morgan fingerprint density at radius 3 is 2.47 bits per heavy atom. The van der Waals surface area contributed by atoms with Crippen LogP contribution in [-0.4, -0.2) is 31.8 Å². The summed E-state index contributed by atoms with van der Waals surface area (Å²) < 4.78 is 10.4. The number of rotatable bonds is 7.